The number of nitrogens with one attached hydrogen (secondary N) is 1. The third-order valence-corrected chi connectivity index (χ3v) is 4.00. The fourth-order valence-corrected chi connectivity index (χ4v) is 2.78. The van der Waals surface area contributed by atoms with Crippen molar-refractivity contribution in [1.29, 1.82) is 0 Å². The predicted octanol–water partition coefficient (Wildman–Crippen LogP) is 3.03. The van der Waals surface area contributed by atoms with E-state index in [0.717, 1.165) is 43.9 Å². The average Bonchev–Trinajstić information content (AvgIpc) is 3.14. The van der Waals surface area contributed by atoms with Crippen molar-refractivity contribution in [3.05, 3.63) is 53.5 Å². The van der Waals surface area contributed by atoms with Gasteiger partial charge in [0.25, 0.3) is 5.91 Å². The van der Waals surface area contributed by atoms with Gasteiger partial charge in [0, 0.05) is 19.3 Å². The topological polar surface area (TPSA) is 58.1 Å². The Bertz CT molecular complexity index is 758. The molecule has 0 unspecified atom stereocenters. The summed E-state index contributed by atoms with van der Waals surface area (Å²) in [6.45, 7) is 1.80. The van der Waals surface area contributed by atoms with Crippen molar-refractivity contribution in [1.82, 2.24) is 15.3 Å². The van der Waals surface area contributed by atoms with E-state index in [1.54, 1.807) is 12.3 Å². The highest BCUT2D eigenvalue weighted by Gasteiger charge is 2.34. The summed E-state index contributed by atoms with van der Waals surface area (Å²) < 4.78 is 39.0. The Labute approximate surface area is 142 Å². The van der Waals surface area contributed by atoms with Crippen LogP contribution in [0.4, 0.5) is 19.0 Å². The molecule has 2 aromatic rings. The van der Waals surface area contributed by atoms with Gasteiger partial charge >= 0.3 is 6.18 Å². The first-order chi connectivity index (χ1) is 11.9. The van der Waals surface area contributed by atoms with E-state index in [-0.39, 0.29) is 6.54 Å². The van der Waals surface area contributed by atoms with E-state index in [4.69, 9.17) is 0 Å². The number of amides is 1. The molecule has 25 heavy (non-hydrogen) atoms. The molecule has 3 rings (SSSR count). The van der Waals surface area contributed by atoms with Gasteiger partial charge < -0.3 is 10.2 Å². The quantitative estimate of drug-likeness (QED) is 0.921. The lowest BCUT2D eigenvalue weighted by Crippen LogP contribution is -2.27. The van der Waals surface area contributed by atoms with Crippen LogP contribution in [0.5, 0.6) is 0 Å². The second kappa shape index (κ2) is 7.08. The molecular weight excluding hydrogens is 333 g/mol. The maximum atomic E-state index is 13.0. The Balaban J connectivity index is 1.70. The Hall–Kier alpha value is -2.64. The first kappa shape index (κ1) is 17.2. The number of carbonyl (C=O) groups excluding carboxylic acids is 1. The van der Waals surface area contributed by atoms with Gasteiger partial charge in [0.1, 0.15) is 11.6 Å². The SMILES string of the molecule is O=C(NCc1nccc(N2CCCC2)n1)c1ccccc1C(F)(F)F. The number of nitrogens with zero attached hydrogens (tertiary/aromatic N) is 3. The molecule has 1 aromatic heterocycles. The van der Waals surface area contributed by atoms with E-state index in [1.807, 2.05) is 0 Å². The van der Waals surface area contributed by atoms with Crippen LogP contribution in [-0.2, 0) is 12.7 Å². The molecule has 0 bridgehead atoms. The minimum atomic E-state index is -4.58. The van der Waals surface area contributed by atoms with Crippen molar-refractivity contribution < 1.29 is 18.0 Å². The number of aromatic nitrogens is 2. The summed E-state index contributed by atoms with van der Waals surface area (Å²) in [5, 5.41) is 2.46. The van der Waals surface area contributed by atoms with E-state index in [9.17, 15) is 18.0 Å². The summed E-state index contributed by atoms with van der Waals surface area (Å²) in [5.41, 5.74) is -1.37. The van der Waals surface area contributed by atoms with Crippen LogP contribution in [-0.4, -0.2) is 29.0 Å². The number of carbonyl (C=O) groups is 1. The number of hydrogen-bond acceptors (Lipinski definition) is 4. The Kier molecular flexibility index (Phi) is 4.87. The Morgan fingerprint density at radius 2 is 1.88 bits per heavy atom. The molecule has 1 N–H and O–H groups in total. The maximum absolute atomic E-state index is 13.0. The number of anilines is 1. The van der Waals surface area contributed by atoms with Crippen LogP contribution in [0.3, 0.4) is 0 Å². The lowest BCUT2D eigenvalue weighted by atomic mass is 10.1. The van der Waals surface area contributed by atoms with Crippen LogP contribution in [0, 0.1) is 0 Å². The summed E-state index contributed by atoms with van der Waals surface area (Å²) in [6.07, 6.45) is -0.791. The number of halogens is 3. The van der Waals surface area contributed by atoms with Crippen LogP contribution in [0.2, 0.25) is 0 Å². The zero-order valence-electron chi connectivity index (χ0n) is 13.4. The molecule has 1 aliphatic heterocycles. The second-order valence-corrected chi connectivity index (χ2v) is 5.75. The molecule has 1 saturated heterocycles. The van der Waals surface area contributed by atoms with Crippen LogP contribution >= 0.6 is 0 Å². The molecule has 0 saturated carbocycles. The van der Waals surface area contributed by atoms with Gasteiger partial charge in [0.15, 0.2) is 0 Å². The van der Waals surface area contributed by atoms with Gasteiger partial charge in [-0.25, -0.2) is 9.97 Å². The molecule has 1 aliphatic rings. The molecular formula is C17H17F3N4O. The lowest BCUT2D eigenvalue weighted by molar-refractivity contribution is -0.137. The normalized spacial score (nSPS) is 14.6. The van der Waals surface area contributed by atoms with Crippen LogP contribution in [0.15, 0.2) is 36.5 Å². The van der Waals surface area contributed by atoms with Crippen LogP contribution in [0.1, 0.15) is 34.6 Å². The predicted molar refractivity (Wildman–Crippen MR) is 86.1 cm³/mol. The van der Waals surface area contributed by atoms with Gasteiger partial charge in [-0.05, 0) is 31.0 Å². The van der Waals surface area contributed by atoms with Crippen molar-refractivity contribution >= 4 is 11.7 Å². The standard InChI is InChI=1S/C17H17F3N4O/c18-17(19,20)13-6-2-1-5-12(13)16(25)22-11-14-21-8-7-15(23-14)24-9-3-4-10-24/h1-2,5-8H,3-4,9-11H2,(H,22,25). The summed E-state index contributed by atoms with van der Waals surface area (Å²) in [6, 6.07) is 6.48. The first-order valence-electron chi connectivity index (χ1n) is 7.96. The molecule has 0 atom stereocenters. The molecule has 2 heterocycles. The smallest absolute Gasteiger partial charge is 0.357 e. The van der Waals surface area contributed by atoms with Gasteiger partial charge in [-0.1, -0.05) is 12.1 Å². The van der Waals surface area contributed by atoms with Gasteiger partial charge in [0.05, 0.1) is 17.7 Å². The van der Waals surface area contributed by atoms with Crippen LogP contribution in [0.25, 0.3) is 0 Å². The summed E-state index contributed by atoms with van der Waals surface area (Å²) in [7, 11) is 0. The number of alkyl halides is 3. The Morgan fingerprint density at radius 1 is 1.16 bits per heavy atom. The van der Waals surface area contributed by atoms with E-state index in [0.29, 0.717) is 5.82 Å². The van der Waals surface area contributed by atoms with Crippen LogP contribution < -0.4 is 10.2 Å². The van der Waals surface area contributed by atoms with Gasteiger partial charge in [-0.3, -0.25) is 4.79 Å². The minimum absolute atomic E-state index is 0.0350. The molecule has 132 valence electrons. The number of rotatable bonds is 4. The molecule has 5 nitrogen and oxygen atoms in total. The monoisotopic (exact) mass is 350 g/mol. The Morgan fingerprint density at radius 3 is 2.60 bits per heavy atom. The van der Waals surface area contributed by atoms with Crippen molar-refractivity contribution in [2.45, 2.75) is 25.6 Å². The maximum Gasteiger partial charge on any atom is 0.417 e. The number of benzene rings is 1. The molecule has 8 heteroatoms. The zero-order chi connectivity index (χ0) is 17.9. The highest BCUT2D eigenvalue weighted by Crippen LogP contribution is 2.31. The molecule has 0 radical (unpaired) electrons. The highest BCUT2D eigenvalue weighted by molar-refractivity contribution is 5.95. The largest absolute Gasteiger partial charge is 0.417 e. The molecule has 0 aliphatic carbocycles. The fourth-order valence-electron chi connectivity index (χ4n) is 2.78. The minimum Gasteiger partial charge on any atom is -0.357 e. The summed E-state index contributed by atoms with van der Waals surface area (Å²) in [5.74, 6) is 0.331. The van der Waals surface area contributed by atoms with Crippen molar-refractivity contribution in [2.75, 3.05) is 18.0 Å². The molecule has 1 amide bonds. The highest BCUT2D eigenvalue weighted by atomic mass is 19.4. The summed E-state index contributed by atoms with van der Waals surface area (Å²) in [4.78, 5) is 22.7. The number of hydrogen-bond donors (Lipinski definition) is 1. The van der Waals surface area contributed by atoms with E-state index in [2.05, 4.69) is 20.2 Å². The second-order valence-electron chi connectivity index (χ2n) is 5.75. The lowest BCUT2D eigenvalue weighted by Gasteiger charge is -2.16. The van der Waals surface area contributed by atoms with E-state index < -0.39 is 23.2 Å². The zero-order valence-corrected chi connectivity index (χ0v) is 13.4. The molecule has 1 fully saturated rings. The van der Waals surface area contributed by atoms with Crippen molar-refractivity contribution in [3.63, 3.8) is 0 Å². The van der Waals surface area contributed by atoms with Gasteiger partial charge in [-0.15, -0.1) is 0 Å². The van der Waals surface area contributed by atoms with Crippen molar-refractivity contribution in [2.24, 2.45) is 0 Å². The average molecular weight is 350 g/mol. The van der Waals surface area contributed by atoms with Gasteiger partial charge in [-0.2, -0.15) is 13.2 Å². The third-order valence-electron chi connectivity index (χ3n) is 4.00. The summed E-state index contributed by atoms with van der Waals surface area (Å²) >= 11 is 0. The molecule has 0 spiro atoms. The van der Waals surface area contributed by atoms with E-state index >= 15 is 0 Å². The first-order valence-corrected chi connectivity index (χ1v) is 7.96. The van der Waals surface area contributed by atoms with Crippen molar-refractivity contribution in [3.8, 4) is 0 Å². The molecule has 1 aromatic carbocycles. The third kappa shape index (κ3) is 4.07. The fraction of sp³-hybridized carbons (Fsp3) is 0.353. The van der Waals surface area contributed by atoms with Gasteiger partial charge in [0.2, 0.25) is 0 Å². The van der Waals surface area contributed by atoms with E-state index in [1.165, 1.54) is 12.1 Å².